The Balaban J connectivity index is 2.95. The number of benzene rings is 1. The zero-order valence-corrected chi connectivity index (χ0v) is 6.88. The maximum atomic E-state index is 4.96. The zero-order chi connectivity index (χ0) is 7.40. The number of hydrogen-bond acceptors (Lipinski definition) is 2. The Morgan fingerprint density at radius 3 is 2.90 bits per heavy atom. The minimum Gasteiger partial charge on any atom is -0.323 e. The van der Waals surface area contributed by atoms with Crippen LogP contribution in [0.3, 0.4) is 0 Å². The van der Waals surface area contributed by atoms with Gasteiger partial charge >= 0.3 is 0 Å². The lowest BCUT2D eigenvalue weighted by Gasteiger charge is -1.90. The molecule has 1 rings (SSSR count). The number of hydrazone groups is 1. The molecule has 1 aromatic rings. The summed E-state index contributed by atoms with van der Waals surface area (Å²) < 4.78 is 1.03. The summed E-state index contributed by atoms with van der Waals surface area (Å²) in [6.45, 7) is 0. The van der Waals surface area contributed by atoms with Crippen molar-refractivity contribution < 1.29 is 0 Å². The molecular formula is C7H7BrN2. The molecule has 2 N–H and O–H groups in total. The van der Waals surface area contributed by atoms with Crippen LogP contribution in [0.5, 0.6) is 0 Å². The third-order valence-electron chi connectivity index (χ3n) is 1.07. The molecule has 0 saturated carbocycles. The van der Waals surface area contributed by atoms with E-state index in [9.17, 15) is 0 Å². The summed E-state index contributed by atoms with van der Waals surface area (Å²) in [6, 6.07) is 7.76. The summed E-state index contributed by atoms with van der Waals surface area (Å²) >= 11 is 3.33. The van der Waals surface area contributed by atoms with E-state index in [1.165, 1.54) is 0 Å². The fourth-order valence-corrected chi connectivity index (χ4v) is 1.09. The topological polar surface area (TPSA) is 38.4 Å². The average molecular weight is 199 g/mol. The van der Waals surface area contributed by atoms with Gasteiger partial charge in [-0.2, -0.15) is 5.10 Å². The molecule has 0 fully saturated rings. The Morgan fingerprint density at radius 2 is 2.30 bits per heavy atom. The van der Waals surface area contributed by atoms with Crippen LogP contribution in [0.1, 0.15) is 5.56 Å². The van der Waals surface area contributed by atoms with Gasteiger partial charge in [0, 0.05) is 4.47 Å². The third-order valence-corrected chi connectivity index (χ3v) is 1.57. The van der Waals surface area contributed by atoms with Gasteiger partial charge in [-0.15, -0.1) is 0 Å². The largest absolute Gasteiger partial charge is 0.323 e. The smallest absolute Gasteiger partial charge is 0.0538 e. The van der Waals surface area contributed by atoms with Gasteiger partial charge in [-0.25, -0.2) is 0 Å². The van der Waals surface area contributed by atoms with Crippen molar-refractivity contribution in [3.8, 4) is 0 Å². The van der Waals surface area contributed by atoms with E-state index in [0.717, 1.165) is 10.0 Å². The first kappa shape index (κ1) is 7.28. The number of hydrogen-bond donors (Lipinski definition) is 1. The van der Waals surface area contributed by atoms with Gasteiger partial charge in [0.2, 0.25) is 0 Å². The van der Waals surface area contributed by atoms with Gasteiger partial charge in [0.25, 0.3) is 0 Å². The number of halogens is 1. The molecule has 2 nitrogen and oxygen atoms in total. The first-order chi connectivity index (χ1) is 4.83. The van der Waals surface area contributed by atoms with Gasteiger partial charge in [0.05, 0.1) is 6.21 Å². The molecule has 0 aliphatic carbocycles. The van der Waals surface area contributed by atoms with Crippen LogP contribution in [0, 0.1) is 0 Å². The van der Waals surface area contributed by atoms with Gasteiger partial charge in [0.1, 0.15) is 0 Å². The second kappa shape index (κ2) is 3.37. The molecule has 10 heavy (non-hydrogen) atoms. The second-order valence-corrected chi connectivity index (χ2v) is 2.75. The summed E-state index contributed by atoms with van der Waals surface area (Å²) in [7, 11) is 0. The van der Waals surface area contributed by atoms with Gasteiger partial charge in [0.15, 0.2) is 0 Å². The summed E-state index contributed by atoms with van der Waals surface area (Å²) in [5.41, 5.74) is 0.997. The Bertz CT molecular complexity index is 245. The number of nitrogens with zero attached hydrogens (tertiary/aromatic N) is 1. The predicted octanol–water partition coefficient (Wildman–Crippen LogP) is 1.74. The van der Waals surface area contributed by atoms with E-state index in [1.807, 2.05) is 24.3 Å². The molecule has 0 unspecified atom stereocenters. The van der Waals surface area contributed by atoms with Crippen LogP contribution in [0.4, 0.5) is 0 Å². The molecule has 0 bridgehead atoms. The average Bonchev–Trinajstić information content (AvgIpc) is 1.88. The molecule has 0 spiro atoms. The van der Waals surface area contributed by atoms with Crippen LogP contribution in [0.15, 0.2) is 33.8 Å². The van der Waals surface area contributed by atoms with E-state index in [4.69, 9.17) is 5.84 Å². The normalized spacial score (nSPS) is 10.5. The van der Waals surface area contributed by atoms with Crippen LogP contribution in [-0.2, 0) is 0 Å². The highest BCUT2D eigenvalue weighted by Crippen LogP contribution is 2.09. The van der Waals surface area contributed by atoms with Crippen molar-refractivity contribution in [2.24, 2.45) is 10.9 Å². The summed E-state index contributed by atoms with van der Waals surface area (Å²) in [5, 5.41) is 3.40. The van der Waals surface area contributed by atoms with Crippen molar-refractivity contribution in [1.82, 2.24) is 0 Å². The van der Waals surface area contributed by atoms with E-state index in [-0.39, 0.29) is 0 Å². The lowest BCUT2D eigenvalue weighted by Crippen LogP contribution is -1.84. The molecule has 0 saturated heterocycles. The highest BCUT2D eigenvalue weighted by Gasteiger charge is 1.86. The number of nitrogens with two attached hydrogens (primary N) is 1. The summed E-state index contributed by atoms with van der Waals surface area (Å²) in [6.07, 6.45) is 1.60. The van der Waals surface area contributed by atoms with Crippen molar-refractivity contribution in [3.05, 3.63) is 34.3 Å². The van der Waals surface area contributed by atoms with Crippen LogP contribution in [-0.4, -0.2) is 6.21 Å². The Morgan fingerprint density at radius 1 is 1.50 bits per heavy atom. The molecular weight excluding hydrogens is 192 g/mol. The molecule has 0 atom stereocenters. The lowest BCUT2D eigenvalue weighted by molar-refractivity contribution is 1.26. The maximum Gasteiger partial charge on any atom is 0.0538 e. The zero-order valence-electron chi connectivity index (χ0n) is 5.29. The third kappa shape index (κ3) is 1.84. The Labute approximate surface area is 67.9 Å². The summed E-state index contributed by atoms with van der Waals surface area (Å²) in [4.78, 5) is 0. The predicted molar refractivity (Wildman–Crippen MR) is 45.9 cm³/mol. The van der Waals surface area contributed by atoms with E-state index < -0.39 is 0 Å². The monoisotopic (exact) mass is 198 g/mol. The molecule has 0 amide bonds. The Kier molecular flexibility index (Phi) is 2.45. The van der Waals surface area contributed by atoms with Crippen LogP contribution in [0.25, 0.3) is 0 Å². The molecule has 1 aromatic carbocycles. The first-order valence-electron chi connectivity index (χ1n) is 2.82. The molecule has 0 aliphatic heterocycles. The SMILES string of the molecule is N/N=C\c1cccc(Br)c1. The van der Waals surface area contributed by atoms with Gasteiger partial charge in [-0.05, 0) is 17.7 Å². The van der Waals surface area contributed by atoms with Crippen molar-refractivity contribution >= 4 is 22.1 Å². The second-order valence-electron chi connectivity index (χ2n) is 1.83. The molecule has 52 valence electrons. The lowest BCUT2D eigenvalue weighted by atomic mass is 10.2. The molecule has 0 radical (unpaired) electrons. The minimum atomic E-state index is 0.997. The van der Waals surface area contributed by atoms with Crippen LogP contribution >= 0.6 is 15.9 Å². The van der Waals surface area contributed by atoms with Crippen molar-refractivity contribution in [3.63, 3.8) is 0 Å². The van der Waals surface area contributed by atoms with Crippen molar-refractivity contribution in [2.45, 2.75) is 0 Å². The number of rotatable bonds is 1. The summed E-state index contributed by atoms with van der Waals surface area (Å²) in [5.74, 6) is 4.96. The van der Waals surface area contributed by atoms with E-state index in [1.54, 1.807) is 6.21 Å². The highest BCUT2D eigenvalue weighted by atomic mass is 79.9. The molecule has 3 heteroatoms. The molecule has 0 aliphatic rings. The fraction of sp³-hybridized carbons (Fsp3) is 0. The first-order valence-corrected chi connectivity index (χ1v) is 3.61. The fourth-order valence-electron chi connectivity index (χ4n) is 0.673. The van der Waals surface area contributed by atoms with E-state index >= 15 is 0 Å². The quantitative estimate of drug-likeness (QED) is 0.417. The van der Waals surface area contributed by atoms with Gasteiger partial charge in [-0.1, -0.05) is 28.1 Å². The van der Waals surface area contributed by atoms with Crippen molar-refractivity contribution in [1.29, 1.82) is 0 Å². The minimum absolute atomic E-state index is 0.997. The standard InChI is InChI=1S/C7H7BrN2/c8-7-3-1-2-6(4-7)5-10-9/h1-5H,9H2/b10-5-. The van der Waals surface area contributed by atoms with E-state index in [2.05, 4.69) is 21.0 Å². The maximum absolute atomic E-state index is 4.96. The van der Waals surface area contributed by atoms with Crippen LogP contribution in [0.2, 0.25) is 0 Å². The molecule has 0 heterocycles. The van der Waals surface area contributed by atoms with Gasteiger partial charge < -0.3 is 5.84 Å². The molecule has 0 aromatic heterocycles. The Hall–Kier alpha value is -0.830. The highest BCUT2D eigenvalue weighted by molar-refractivity contribution is 9.10. The van der Waals surface area contributed by atoms with Gasteiger partial charge in [-0.3, -0.25) is 0 Å². The van der Waals surface area contributed by atoms with Crippen molar-refractivity contribution in [2.75, 3.05) is 0 Å². The van der Waals surface area contributed by atoms with E-state index in [0.29, 0.717) is 0 Å². The van der Waals surface area contributed by atoms with Crippen LogP contribution < -0.4 is 5.84 Å².